The summed E-state index contributed by atoms with van der Waals surface area (Å²) in [6.45, 7) is 2.26. The summed E-state index contributed by atoms with van der Waals surface area (Å²) in [6.07, 6.45) is 3.31. The van der Waals surface area contributed by atoms with Crippen LogP contribution in [0.4, 0.5) is 0 Å². The van der Waals surface area contributed by atoms with Crippen LogP contribution in [0.15, 0.2) is 54.6 Å². The Labute approximate surface area is 178 Å². The number of ketones is 1. The van der Waals surface area contributed by atoms with E-state index in [0.29, 0.717) is 20.8 Å². The Morgan fingerprint density at radius 2 is 1.93 bits per heavy atom. The summed E-state index contributed by atoms with van der Waals surface area (Å²) >= 11 is 13.2. The highest BCUT2D eigenvalue weighted by atomic mass is 35.5. The molecule has 0 unspecified atom stereocenters. The van der Waals surface area contributed by atoms with Crippen molar-refractivity contribution >= 4 is 46.4 Å². The minimum absolute atomic E-state index is 0.0813. The summed E-state index contributed by atoms with van der Waals surface area (Å²) in [5.74, 6) is 1.37. The lowest BCUT2D eigenvalue weighted by molar-refractivity contribution is 0.105. The number of hydrogen-bond acceptors (Lipinski definition) is 4. The lowest BCUT2D eigenvalue weighted by atomic mass is 10.1. The van der Waals surface area contributed by atoms with E-state index >= 15 is 0 Å². The van der Waals surface area contributed by atoms with Crippen molar-refractivity contribution in [2.75, 3.05) is 7.11 Å². The van der Waals surface area contributed by atoms with Crippen LogP contribution in [0.3, 0.4) is 0 Å². The Kier molecular flexibility index (Phi) is 6.79. The van der Waals surface area contributed by atoms with Crippen molar-refractivity contribution in [3.63, 3.8) is 0 Å². The lowest BCUT2D eigenvalue weighted by Gasteiger charge is -2.12. The van der Waals surface area contributed by atoms with Crippen LogP contribution in [0.1, 0.15) is 26.4 Å². The number of carbonyl (C=O) groups is 1. The number of rotatable bonds is 7. The number of benzene rings is 2. The highest BCUT2D eigenvalue weighted by molar-refractivity contribution is 7.18. The molecule has 2 aromatic carbocycles. The fourth-order valence-electron chi connectivity index (χ4n) is 2.58. The Morgan fingerprint density at radius 3 is 2.61 bits per heavy atom. The first kappa shape index (κ1) is 20.5. The zero-order valence-electron chi connectivity index (χ0n) is 15.4. The Hall–Kier alpha value is -2.27. The Morgan fingerprint density at radius 1 is 1.11 bits per heavy atom. The second-order valence-corrected chi connectivity index (χ2v) is 8.19. The summed E-state index contributed by atoms with van der Waals surface area (Å²) < 4.78 is 11.9. The van der Waals surface area contributed by atoms with Gasteiger partial charge in [-0.25, -0.2) is 0 Å². The average Bonchev–Trinajstić information content (AvgIpc) is 3.13. The van der Waals surface area contributed by atoms with Crippen LogP contribution in [0.25, 0.3) is 6.08 Å². The highest BCUT2D eigenvalue weighted by Gasteiger charge is 2.08. The van der Waals surface area contributed by atoms with Gasteiger partial charge in [-0.3, -0.25) is 4.79 Å². The average molecular weight is 433 g/mol. The molecular weight excluding hydrogens is 415 g/mol. The number of carbonyl (C=O) groups excluding carboxylic acids is 1. The molecule has 0 amide bonds. The molecular formula is C22H18Cl2O3S. The zero-order chi connectivity index (χ0) is 20.1. The molecule has 3 aromatic rings. The fraction of sp³-hybridized carbons (Fsp3) is 0.136. The molecule has 144 valence electrons. The number of ether oxygens (including phenoxy) is 2. The van der Waals surface area contributed by atoms with Gasteiger partial charge in [0.1, 0.15) is 18.1 Å². The molecule has 0 radical (unpaired) electrons. The van der Waals surface area contributed by atoms with E-state index in [1.54, 1.807) is 25.3 Å². The van der Waals surface area contributed by atoms with E-state index in [2.05, 4.69) is 0 Å². The Balaban J connectivity index is 1.74. The molecule has 3 nitrogen and oxygen atoms in total. The molecule has 0 aliphatic rings. The summed E-state index contributed by atoms with van der Waals surface area (Å²) in [6, 6.07) is 14.7. The minimum atomic E-state index is -0.0813. The van der Waals surface area contributed by atoms with Crippen LogP contribution in [-0.2, 0) is 6.61 Å². The van der Waals surface area contributed by atoms with Gasteiger partial charge in [-0.1, -0.05) is 35.3 Å². The smallest absolute Gasteiger partial charge is 0.195 e. The molecule has 3 rings (SSSR count). The Bertz CT molecular complexity index is 1020. The van der Waals surface area contributed by atoms with Gasteiger partial charge >= 0.3 is 0 Å². The highest BCUT2D eigenvalue weighted by Crippen LogP contribution is 2.26. The van der Waals surface area contributed by atoms with Gasteiger partial charge in [-0.2, -0.15) is 0 Å². The standard InChI is InChI=1S/C22H18Cl2O3S/c1-14-11-17(5-6-18(14)23)27-13-16-12-15(4-8-20(16)26-2)3-7-19(25)21-9-10-22(24)28-21/h3-12H,13H2,1-2H3/b7-3+. The fourth-order valence-corrected chi connectivity index (χ4v) is 3.66. The second-order valence-electron chi connectivity index (χ2n) is 6.07. The van der Waals surface area contributed by atoms with E-state index in [0.717, 1.165) is 28.2 Å². The summed E-state index contributed by atoms with van der Waals surface area (Å²) in [5.41, 5.74) is 2.71. The van der Waals surface area contributed by atoms with Gasteiger partial charge in [0.25, 0.3) is 0 Å². The number of thiophene rings is 1. The molecule has 0 aliphatic carbocycles. The number of aryl methyl sites for hydroxylation is 1. The van der Waals surface area contributed by atoms with Gasteiger partial charge in [0, 0.05) is 10.6 Å². The summed E-state index contributed by atoms with van der Waals surface area (Å²) in [4.78, 5) is 12.8. The van der Waals surface area contributed by atoms with Gasteiger partial charge in [-0.05, 0) is 66.6 Å². The third kappa shape index (κ3) is 5.16. The molecule has 0 saturated heterocycles. The second kappa shape index (κ2) is 9.28. The van der Waals surface area contributed by atoms with Crippen molar-refractivity contribution < 1.29 is 14.3 Å². The first-order valence-electron chi connectivity index (χ1n) is 8.50. The maximum atomic E-state index is 12.2. The van der Waals surface area contributed by atoms with Crippen LogP contribution in [0.5, 0.6) is 11.5 Å². The van der Waals surface area contributed by atoms with Gasteiger partial charge in [-0.15, -0.1) is 11.3 Å². The van der Waals surface area contributed by atoms with Crippen LogP contribution >= 0.6 is 34.5 Å². The molecule has 6 heteroatoms. The largest absolute Gasteiger partial charge is 0.496 e. The van der Waals surface area contributed by atoms with Crippen molar-refractivity contribution in [2.24, 2.45) is 0 Å². The van der Waals surface area contributed by atoms with E-state index in [1.165, 1.54) is 17.4 Å². The molecule has 0 atom stereocenters. The van der Waals surface area contributed by atoms with Gasteiger partial charge < -0.3 is 9.47 Å². The molecule has 0 fully saturated rings. The first-order valence-corrected chi connectivity index (χ1v) is 10.1. The minimum Gasteiger partial charge on any atom is -0.496 e. The van der Waals surface area contributed by atoms with Gasteiger partial charge in [0.05, 0.1) is 16.3 Å². The van der Waals surface area contributed by atoms with Crippen LogP contribution in [-0.4, -0.2) is 12.9 Å². The maximum Gasteiger partial charge on any atom is 0.195 e. The van der Waals surface area contributed by atoms with Crippen LogP contribution in [0, 0.1) is 6.92 Å². The van der Waals surface area contributed by atoms with Crippen molar-refractivity contribution in [3.05, 3.63) is 85.5 Å². The number of hydrogen-bond donors (Lipinski definition) is 0. The SMILES string of the molecule is COc1ccc(/C=C/C(=O)c2ccc(Cl)s2)cc1COc1ccc(Cl)c(C)c1. The van der Waals surface area contributed by atoms with Crippen molar-refractivity contribution in [1.29, 1.82) is 0 Å². The van der Waals surface area contributed by atoms with E-state index < -0.39 is 0 Å². The quantitative estimate of drug-likeness (QED) is 0.302. The monoisotopic (exact) mass is 432 g/mol. The zero-order valence-corrected chi connectivity index (χ0v) is 17.7. The van der Waals surface area contributed by atoms with Crippen molar-refractivity contribution in [1.82, 2.24) is 0 Å². The molecule has 0 spiro atoms. The van der Waals surface area contributed by atoms with Gasteiger partial charge in [0.15, 0.2) is 5.78 Å². The van der Waals surface area contributed by atoms with Gasteiger partial charge in [0.2, 0.25) is 0 Å². The normalized spacial score (nSPS) is 11.0. The molecule has 1 aromatic heterocycles. The molecule has 0 aliphatic heterocycles. The summed E-state index contributed by atoms with van der Waals surface area (Å²) in [7, 11) is 1.62. The van der Waals surface area contributed by atoms with E-state index in [1.807, 2.05) is 43.3 Å². The predicted molar refractivity (Wildman–Crippen MR) is 116 cm³/mol. The first-order chi connectivity index (χ1) is 13.5. The molecule has 0 saturated carbocycles. The van der Waals surface area contributed by atoms with E-state index in [4.69, 9.17) is 32.7 Å². The molecule has 0 bridgehead atoms. The molecule has 1 heterocycles. The van der Waals surface area contributed by atoms with Crippen molar-refractivity contribution in [2.45, 2.75) is 13.5 Å². The third-order valence-corrected chi connectivity index (χ3v) is 5.74. The van der Waals surface area contributed by atoms with Crippen molar-refractivity contribution in [3.8, 4) is 11.5 Å². The summed E-state index contributed by atoms with van der Waals surface area (Å²) in [5, 5.41) is 0.703. The topological polar surface area (TPSA) is 35.5 Å². The van der Waals surface area contributed by atoms with Crippen LogP contribution < -0.4 is 9.47 Å². The third-order valence-electron chi connectivity index (χ3n) is 4.07. The molecule has 0 N–H and O–H groups in total. The van der Waals surface area contributed by atoms with E-state index in [-0.39, 0.29) is 5.78 Å². The molecule has 28 heavy (non-hydrogen) atoms. The predicted octanol–water partition coefficient (Wildman–Crippen LogP) is 6.85. The number of allylic oxidation sites excluding steroid dienone is 1. The maximum absolute atomic E-state index is 12.2. The number of halogens is 2. The number of methoxy groups -OCH3 is 1. The lowest BCUT2D eigenvalue weighted by Crippen LogP contribution is -1.99. The van der Waals surface area contributed by atoms with E-state index in [9.17, 15) is 4.79 Å². The van der Waals surface area contributed by atoms with Crippen LogP contribution in [0.2, 0.25) is 9.36 Å².